The number of sulfone groups is 1. The van der Waals surface area contributed by atoms with Crippen LogP contribution < -0.4 is 5.32 Å². The highest BCUT2D eigenvalue weighted by Gasteiger charge is 2.34. The summed E-state index contributed by atoms with van der Waals surface area (Å²) in [5.41, 5.74) is 0.542. The quantitative estimate of drug-likeness (QED) is 0.559. The maximum absolute atomic E-state index is 14.0. The minimum absolute atomic E-state index is 0.0199. The molecule has 3 aromatic rings. The smallest absolute Gasteiger partial charge is 0.246 e. The Morgan fingerprint density at radius 1 is 1.09 bits per heavy atom. The van der Waals surface area contributed by atoms with Gasteiger partial charge in [0.25, 0.3) is 0 Å². The first-order valence-corrected chi connectivity index (χ1v) is 14.0. The van der Waals surface area contributed by atoms with Crippen LogP contribution in [0.1, 0.15) is 12.8 Å². The second kappa shape index (κ2) is 8.70. The van der Waals surface area contributed by atoms with Crippen molar-refractivity contribution in [3.05, 3.63) is 48.0 Å². The molecule has 1 amide bonds. The number of carbonyl (C=O) groups is 1. The summed E-state index contributed by atoms with van der Waals surface area (Å²) in [4.78, 5) is 16.4. The summed E-state index contributed by atoms with van der Waals surface area (Å²) in [7, 11) is -7.60. The summed E-state index contributed by atoms with van der Waals surface area (Å²) >= 11 is 1.13. The number of thiazole rings is 1. The van der Waals surface area contributed by atoms with Crippen LogP contribution in [0, 0.1) is 17.6 Å². The molecule has 1 aromatic heterocycles. The van der Waals surface area contributed by atoms with Gasteiger partial charge >= 0.3 is 0 Å². The number of fused-ring (bicyclic) bond motifs is 1. The SMILES string of the molecule is CS(=O)(=O)c1ccc2nc(NC(=O)C3CCN(S(=O)(=O)c4cc(F)ccc4F)CC3)sc2c1. The van der Waals surface area contributed by atoms with Gasteiger partial charge in [0.15, 0.2) is 15.0 Å². The molecule has 1 fully saturated rings. The van der Waals surface area contributed by atoms with Crippen LogP contribution in [-0.4, -0.2) is 51.4 Å². The Hall–Kier alpha value is -2.48. The van der Waals surface area contributed by atoms with E-state index in [2.05, 4.69) is 10.3 Å². The maximum Gasteiger partial charge on any atom is 0.246 e. The van der Waals surface area contributed by atoms with Crippen LogP contribution in [0.3, 0.4) is 0 Å². The standard InChI is InChI=1S/C20H19F2N3O5S3/c1-32(27,28)14-3-5-16-17(11-14)31-20(23-16)24-19(26)12-6-8-25(9-7-12)33(29,30)18-10-13(21)2-4-15(18)22/h2-5,10-12H,6-9H2,1H3,(H,23,24,26). The largest absolute Gasteiger partial charge is 0.302 e. The molecule has 1 N–H and O–H groups in total. The van der Waals surface area contributed by atoms with Gasteiger partial charge in [-0.05, 0) is 49.2 Å². The molecule has 176 valence electrons. The lowest BCUT2D eigenvalue weighted by Gasteiger charge is -2.30. The molecule has 0 unspecified atom stereocenters. The second-order valence-electron chi connectivity index (χ2n) is 7.66. The molecule has 1 aliphatic heterocycles. The number of anilines is 1. The van der Waals surface area contributed by atoms with Crippen molar-refractivity contribution in [2.75, 3.05) is 24.7 Å². The first-order valence-electron chi connectivity index (χ1n) is 9.82. The lowest BCUT2D eigenvalue weighted by molar-refractivity contribution is -0.120. The van der Waals surface area contributed by atoms with Gasteiger partial charge in [-0.25, -0.2) is 30.6 Å². The van der Waals surface area contributed by atoms with Crippen molar-refractivity contribution in [1.29, 1.82) is 0 Å². The number of piperidine rings is 1. The highest BCUT2D eigenvalue weighted by atomic mass is 32.2. The van der Waals surface area contributed by atoms with E-state index >= 15 is 0 Å². The normalized spacial score (nSPS) is 16.2. The number of hydrogen-bond donors (Lipinski definition) is 1. The van der Waals surface area contributed by atoms with Crippen molar-refractivity contribution in [2.24, 2.45) is 5.92 Å². The van der Waals surface area contributed by atoms with Gasteiger partial charge in [-0.1, -0.05) is 11.3 Å². The molecule has 2 heterocycles. The summed E-state index contributed by atoms with van der Waals surface area (Å²) in [5, 5.41) is 3.01. The van der Waals surface area contributed by atoms with Gasteiger partial charge in [0.05, 0.1) is 15.1 Å². The Morgan fingerprint density at radius 3 is 2.45 bits per heavy atom. The van der Waals surface area contributed by atoms with E-state index in [-0.39, 0.29) is 36.7 Å². The van der Waals surface area contributed by atoms with Gasteiger partial charge in [-0.3, -0.25) is 4.79 Å². The molecule has 0 saturated carbocycles. The van der Waals surface area contributed by atoms with Crippen molar-refractivity contribution in [3.63, 3.8) is 0 Å². The first-order chi connectivity index (χ1) is 15.4. The Labute approximate surface area is 193 Å². The van der Waals surface area contributed by atoms with Gasteiger partial charge in [0.2, 0.25) is 15.9 Å². The molecule has 4 rings (SSSR count). The van der Waals surface area contributed by atoms with Crippen molar-refractivity contribution in [3.8, 4) is 0 Å². The highest BCUT2D eigenvalue weighted by Crippen LogP contribution is 2.30. The summed E-state index contributed by atoms with van der Waals surface area (Å²) in [6.07, 6.45) is 1.50. The van der Waals surface area contributed by atoms with Crippen LogP contribution in [0.15, 0.2) is 46.2 Å². The molecule has 13 heteroatoms. The van der Waals surface area contributed by atoms with E-state index in [1.807, 2.05) is 0 Å². The van der Waals surface area contributed by atoms with E-state index in [1.54, 1.807) is 6.07 Å². The minimum Gasteiger partial charge on any atom is -0.302 e. The average molecular weight is 516 g/mol. The van der Waals surface area contributed by atoms with Crippen molar-refractivity contribution in [2.45, 2.75) is 22.6 Å². The van der Waals surface area contributed by atoms with E-state index in [0.717, 1.165) is 34.0 Å². The topological polar surface area (TPSA) is 114 Å². The number of nitrogens with zero attached hydrogens (tertiary/aromatic N) is 2. The van der Waals surface area contributed by atoms with Crippen LogP contribution >= 0.6 is 11.3 Å². The zero-order valence-electron chi connectivity index (χ0n) is 17.3. The number of carbonyl (C=O) groups excluding carboxylic acids is 1. The maximum atomic E-state index is 14.0. The monoisotopic (exact) mass is 515 g/mol. The fourth-order valence-electron chi connectivity index (χ4n) is 3.57. The van der Waals surface area contributed by atoms with Crippen molar-refractivity contribution < 1.29 is 30.4 Å². The Bertz CT molecular complexity index is 1450. The van der Waals surface area contributed by atoms with E-state index in [9.17, 15) is 30.4 Å². The van der Waals surface area contributed by atoms with Crippen LogP contribution in [0.5, 0.6) is 0 Å². The van der Waals surface area contributed by atoms with Crippen LogP contribution in [0.4, 0.5) is 13.9 Å². The molecule has 33 heavy (non-hydrogen) atoms. The molecular weight excluding hydrogens is 496 g/mol. The predicted octanol–water partition coefficient (Wildman–Crippen LogP) is 3.02. The number of benzene rings is 2. The third-order valence-electron chi connectivity index (χ3n) is 5.35. The predicted molar refractivity (Wildman–Crippen MR) is 119 cm³/mol. The molecule has 0 radical (unpaired) electrons. The van der Waals surface area contributed by atoms with Crippen molar-refractivity contribution in [1.82, 2.24) is 9.29 Å². The molecular formula is C20H19F2N3O5S3. The third-order valence-corrected chi connectivity index (χ3v) is 9.31. The Morgan fingerprint density at radius 2 is 1.79 bits per heavy atom. The number of nitrogens with one attached hydrogen (secondary N) is 1. The van der Waals surface area contributed by atoms with E-state index in [4.69, 9.17) is 0 Å². The number of hydrogen-bond acceptors (Lipinski definition) is 7. The van der Waals surface area contributed by atoms with Crippen LogP contribution in [0.25, 0.3) is 10.2 Å². The lowest BCUT2D eigenvalue weighted by atomic mass is 9.97. The molecule has 0 aliphatic carbocycles. The fourth-order valence-corrected chi connectivity index (χ4v) is 6.74. The van der Waals surface area contributed by atoms with Crippen LogP contribution in [-0.2, 0) is 24.7 Å². The van der Waals surface area contributed by atoms with Crippen LogP contribution in [0.2, 0.25) is 0 Å². The van der Waals surface area contributed by atoms with Gasteiger partial charge in [-0.2, -0.15) is 4.31 Å². The van der Waals surface area contributed by atoms with Crippen molar-refractivity contribution >= 4 is 52.5 Å². The number of sulfonamides is 1. The number of rotatable bonds is 5. The summed E-state index contributed by atoms with van der Waals surface area (Å²) in [6.45, 7) is -0.0398. The number of halogens is 2. The van der Waals surface area contributed by atoms with Gasteiger partial charge < -0.3 is 5.32 Å². The molecule has 1 saturated heterocycles. The Balaban J connectivity index is 1.43. The molecule has 0 atom stereocenters. The van der Waals surface area contributed by atoms with Gasteiger partial charge in [-0.15, -0.1) is 0 Å². The first kappa shape index (κ1) is 23.7. The zero-order chi connectivity index (χ0) is 24.0. The van der Waals surface area contributed by atoms with E-state index in [0.29, 0.717) is 21.4 Å². The van der Waals surface area contributed by atoms with Gasteiger partial charge in [0.1, 0.15) is 16.5 Å². The molecule has 0 spiro atoms. The summed E-state index contributed by atoms with van der Waals surface area (Å²) < 4.78 is 77.9. The summed E-state index contributed by atoms with van der Waals surface area (Å²) in [6, 6.07) is 6.75. The fraction of sp³-hybridized carbons (Fsp3) is 0.300. The summed E-state index contributed by atoms with van der Waals surface area (Å²) in [5.74, 6) is -2.73. The molecule has 0 bridgehead atoms. The zero-order valence-corrected chi connectivity index (χ0v) is 19.7. The number of amides is 1. The Kier molecular flexibility index (Phi) is 6.24. The van der Waals surface area contributed by atoms with Gasteiger partial charge in [0, 0.05) is 25.3 Å². The van der Waals surface area contributed by atoms with E-state index in [1.165, 1.54) is 12.1 Å². The number of aromatic nitrogens is 1. The molecule has 2 aromatic carbocycles. The average Bonchev–Trinajstić information content (AvgIpc) is 3.16. The third kappa shape index (κ3) is 4.90. The van der Waals surface area contributed by atoms with E-state index < -0.39 is 42.3 Å². The minimum atomic E-state index is -4.23. The highest BCUT2D eigenvalue weighted by molar-refractivity contribution is 7.90. The molecule has 8 nitrogen and oxygen atoms in total. The second-order valence-corrected chi connectivity index (χ2v) is 12.6. The molecule has 1 aliphatic rings. The lowest BCUT2D eigenvalue weighted by Crippen LogP contribution is -2.41.